The number of benzene rings is 2. The predicted octanol–water partition coefficient (Wildman–Crippen LogP) is 5.49. The monoisotopic (exact) mass is 375 g/mol. The van der Waals surface area contributed by atoms with Crippen molar-refractivity contribution in [3.05, 3.63) is 64.1 Å². The Morgan fingerprint density at radius 3 is 2.29 bits per heavy atom. The van der Waals surface area contributed by atoms with Gasteiger partial charge in [-0.05, 0) is 24.6 Å². The number of halogens is 1. The highest BCUT2D eigenvalue weighted by Gasteiger charge is 2.23. The molecule has 3 rings (SSSR count). The molecule has 2 aromatic carbocycles. The fraction of sp³-hybridized carbons (Fsp3) is 0.111. The number of aryl methyl sites for hydroxylation is 1. The van der Waals surface area contributed by atoms with Crippen molar-refractivity contribution in [1.29, 1.82) is 0 Å². The largest absolute Gasteiger partial charge is 0.480 e. The molecule has 3 aromatic rings. The number of aromatic nitrogens is 1. The first-order valence-electron chi connectivity index (χ1n) is 7.20. The van der Waals surface area contributed by atoms with Crippen molar-refractivity contribution < 1.29 is 9.90 Å². The molecule has 0 amide bonds. The summed E-state index contributed by atoms with van der Waals surface area (Å²) in [6.45, 7) is 2.02. The maximum Gasteiger partial charge on any atom is 0.323 e. The minimum atomic E-state index is -1.01. The minimum absolute atomic E-state index is 0.464. The molecule has 0 bridgehead atoms. The van der Waals surface area contributed by atoms with E-state index in [2.05, 4.69) is 17.6 Å². The Morgan fingerprint density at radius 1 is 1.12 bits per heavy atom. The van der Waals surface area contributed by atoms with E-state index in [1.165, 1.54) is 11.3 Å². The van der Waals surface area contributed by atoms with Gasteiger partial charge in [0.05, 0.1) is 10.6 Å². The van der Waals surface area contributed by atoms with Gasteiger partial charge in [0.15, 0.2) is 5.25 Å². The summed E-state index contributed by atoms with van der Waals surface area (Å²) in [5.74, 6) is -1.01. The third-order valence-electron chi connectivity index (χ3n) is 3.54. The van der Waals surface area contributed by atoms with Gasteiger partial charge in [-0.15, -0.1) is 11.3 Å². The van der Waals surface area contributed by atoms with Gasteiger partial charge in [-0.2, -0.15) is 12.6 Å². The number of hydrogen-bond acceptors (Lipinski definition) is 4. The van der Waals surface area contributed by atoms with Gasteiger partial charge in [0, 0.05) is 10.6 Å². The molecule has 0 saturated carbocycles. The van der Waals surface area contributed by atoms with Gasteiger partial charge in [0.1, 0.15) is 5.01 Å². The maximum absolute atomic E-state index is 11.3. The average molecular weight is 376 g/mol. The molecule has 0 aliphatic heterocycles. The zero-order valence-corrected chi connectivity index (χ0v) is 15.2. The Hall–Kier alpha value is -1.82. The number of thiazole rings is 1. The molecule has 1 N–H and O–H groups in total. The summed E-state index contributed by atoms with van der Waals surface area (Å²) >= 11 is 11.5. The highest BCUT2D eigenvalue weighted by atomic mass is 35.5. The van der Waals surface area contributed by atoms with Crippen LogP contribution in [0.3, 0.4) is 0 Å². The summed E-state index contributed by atoms with van der Waals surface area (Å²) in [6, 6.07) is 15.4. The molecule has 0 aliphatic carbocycles. The zero-order chi connectivity index (χ0) is 17.3. The molecule has 1 heterocycles. The highest BCUT2D eigenvalue weighted by molar-refractivity contribution is 7.81. The van der Waals surface area contributed by atoms with Crippen LogP contribution in [0.5, 0.6) is 0 Å². The number of hydrogen-bond donors (Lipinski definition) is 2. The summed E-state index contributed by atoms with van der Waals surface area (Å²) in [5, 5.41) is 9.39. The summed E-state index contributed by atoms with van der Waals surface area (Å²) < 4.78 is 0. The van der Waals surface area contributed by atoms with Crippen molar-refractivity contribution in [2.24, 2.45) is 0 Å². The van der Waals surface area contributed by atoms with E-state index in [-0.39, 0.29) is 0 Å². The Labute approximate surface area is 154 Å². The summed E-state index contributed by atoms with van der Waals surface area (Å²) in [6.07, 6.45) is 0. The first-order valence-corrected chi connectivity index (χ1v) is 8.91. The van der Waals surface area contributed by atoms with Gasteiger partial charge < -0.3 is 5.11 Å². The molecule has 0 saturated heterocycles. The Morgan fingerprint density at radius 2 is 1.71 bits per heavy atom. The highest BCUT2D eigenvalue weighted by Crippen LogP contribution is 2.40. The second-order valence-electron chi connectivity index (χ2n) is 5.34. The van der Waals surface area contributed by atoms with Gasteiger partial charge in [0.25, 0.3) is 0 Å². The van der Waals surface area contributed by atoms with Crippen LogP contribution in [0.4, 0.5) is 0 Å². The molecule has 3 nitrogen and oxygen atoms in total. The van der Waals surface area contributed by atoms with E-state index >= 15 is 0 Å². The molecule has 122 valence electrons. The van der Waals surface area contributed by atoms with Gasteiger partial charge >= 0.3 is 5.97 Å². The van der Waals surface area contributed by atoms with Gasteiger partial charge in [-0.25, -0.2) is 4.98 Å². The summed E-state index contributed by atoms with van der Waals surface area (Å²) in [4.78, 5) is 16.7. The van der Waals surface area contributed by atoms with Gasteiger partial charge in [-0.3, -0.25) is 4.79 Å². The fourth-order valence-electron chi connectivity index (χ4n) is 2.26. The van der Waals surface area contributed by atoms with Crippen molar-refractivity contribution >= 4 is 41.5 Å². The molecular weight excluding hydrogens is 362 g/mol. The molecule has 0 fully saturated rings. The molecule has 0 aliphatic rings. The molecule has 6 heteroatoms. The lowest BCUT2D eigenvalue weighted by molar-refractivity contribution is -0.136. The maximum atomic E-state index is 11.3. The lowest BCUT2D eigenvalue weighted by Crippen LogP contribution is -2.04. The third-order valence-corrected chi connectivity index (χ3v) is 5.60. The number of rotatable bonds is 4. The van der Waals surface area contributed by atoms with Crippen molar-refractivity contribution in [3.8, 4) is 21.7 Å². The number of carboxylic acid groups (broad SMARTS) is 1. The van der Waals surface area contributed by atoms with Crippen LogP contribution < -0.4 is 0 Å². The third kappa shape index (κ3) is 3.48. The number of carbonyl (C=O) groups is 1. The topological polar surface area (TPSA) is 50.2 Å². The van der Waals surface area contributed by atoms with E-state index in [4.69, 9.17) is 11.6 Å². The lowest BCUT2D eigenvalue weighted by atomic mass is 10.1. The summed E-state index contributed by atoms with van der Waals surface area (Å²) in [7, 11) is 0. The van der Waals surface area contributed by atoms with Gasteiger partial charge in [0.2, 0.25) is 0 Å². The van der Waals surface area contributed by atoms with E-state index in [1.54, 1.807) is 0 Å². The quantitative estimate of drug-likeness (QED) is 0.592. The van der Waals surface area contributed by atoms with Crippen LogP contribution in [-0.2, 0) is 4.79 Å². The van der Waals surface area contributed by atoms with Crippen LogP contribution in [0.2, 0.25) is 5.02 Å². The SMILES string of the molecule is Cc1ccc(-c2nc(C(S)C(=O)O)sc2-c2ccc(Cl)cc2)cc1. The summed E-state index contributed by atoms with van der Waals surface area (Å²) in [5.41, 5.74) is 3.81. The van der Waals surface area contributed by atoms with E-state index < -0.39 is 11.2 Å². The fourth-order valence-corrected chi connectivity index (χ4v) is 3.68. The minimum Gasteiger partial charge on any atom is -0.480 e. The van der Waals surface area contributed by atoms with Crippen LogP contribution in [0, 0.1) is 6.92 Å². The van der Waals surface area contributed by atoms with Crippen LogP contribution in [0.15, 0.2) is 48.5 Å². The molecule has 1 atom stereocenters. The molecule has 1 aromatic heterocycles. The predicted molar refractivity (Wildman–Crippen MR) is 102 cm³/mol. The van der Waals surface area contributed by atoms with E-state index in [0.29, 0.717) is 10.0 Å². The van der Waals surface area contributed by atoms with Crippen molar-refractivity contribution in [3.63, 3.8) is 0 Å². The Kier molecular flexibility index (Phi) is 4.94. The van der Waals surface area contributed by atoms with E-state index in [9.17, 15) is 9.90 Å². The standard InChI is InChI=1S/C18H14ClNO2S2/c1-10-2-4-11(5-3-10)14-16(12-6-8-13(19)9-7-12)24-17(20-14)15(23)18(21)22/h2-9,15,23H,1H3,(H,21,22). The van der Waals surface area contributed by atoms with E-state index in [0.717, 1.165) is 27.3 Å². The van der Waals surface area contributed by atoms with Crippen LogP contribution >= 0.6 is 35.6 Å². The van der Waals surface area contributed by atoms with Crippen molar-refractivity contribution in [2.75, 3.05) is 0 Å². The number of carboxylic acids is 1. The molecule has 1 unspecified atom stereocenters. The molecule has 0 radical (unpaired) electrons. The molecule has 24 heavy (non-hydrogen) atoms. The first-order chi connectivity index (χ1) is 11.5. The number of thiol groups is 1. The smallest absolute Gasteiger partial charge is 0.323 e. The number of aliphatic carboxylic acids is 1. The van der Waals surface area contributed by atoms with Crippen molar-refractivity contribution in [1.82, 2.24) is 4.98 Å². The van der Waals surface area contributed by atoms with Gasteiger partial charge in [-0.1, -0.05) is 53.6 Å². The van der Waals surface area contributed by atoms with Crippen LogP contribution in [-0.4, -0.2) is 16.1 Å². The number of nitrogens with zero attached hydrogens (tertiary/aromatic N) is 1. The molecule has 0 spiro atoms. The van der Waals surface area contributed by atoms with Crippen molar-refractivity contribution in [2.45, 2.75) is 12.2 Å². The second-order valence-corrected chi connectivity index (χ2v) is 7.33. The molecular formula is C18H14ClNO2S2. The Bertz CT molecular complexity index is 810. The van der Waals surface area contributed by atoms with E-state index in [1.807, 2.05) is 55.5 Å². The van der Waals surface area contributed by atoms with Crippen LogP contribution in [0.1, 0.15) is 15.8 Å². The van der Waals surface area contributed by atoms with Crippen LogP contribution in [0.25, 0.3) is 21.7 Å². The second kappa shape index (κ2) is 6.97. The Balaban J connectivity index is 2.16. The lowest BCUT2D eigenvalue weighted by Gasteiger charge is -2.03. The normalized spacial score (nSPS) is 12.1. The average Bonchev–Trinajstić information content (AvgIpc) is 3.00. The first kappa shape index (κ1) is 17.0. The zero-order valence-electron chi connectivity index (χ0n) is 12.7.